The van der Waals surface area contributed by atoms with Crippen LogP contribution in [0.15, 0.2) is 5.38 Å². The highest BCUT2D eigenvalue weighted by Crippen LogP contribution is 2.31. The van der Waals surface area contributed by atoms with Gasteiger partial charge in [-0.05, 0) is 43.6 Å². The van der Waals surface area contributed by atoms with Gasteiger partial charge in [0.2, 0.25) is 0 Å². The van der Waals surface area contributed by atoms with E-state index in [4.69, 9.17) is 0 Å². The maximum absolute atomic E-state index is 12.6. The first-order chi connectivity index (χ1) is 9.16. The van der Waals surface area contributed by atoms with Crippen molar-refractivity contribution in [3.63, 3.8) is 0 Å². The Kier molecular flexibility index (Phi) is 3.63. The van der Waals surface area contributed by atoms with E-state index in [1.807, 2.05) is 17.2 Å². The molecule has 104 valence electrons. The number of amides is 1. The molecule has 1 N–H and O–H groups in total. The highest BCUT2D eigenvalue weighted by Gasteiger charge is 2.30. The lowest BCUT2D eigenvalue weighted by molar-refractivity contribution is 0.0297. The van der Waals surface area contributed by atoms with Crippen LogP contribution in [0.3, 0.4) is 0 Å². The van der Waals surface area contributed by atoms with Crippen LogP contribution in [0.1, 0.15) is 47.0 Å². The van der Waals surface area contributed by atoms with Crippen LogP contribution in [0.2, 0.25) is 0 Å². The van der Waals surface area contributed by atoms with Crippen LogP contribution in [0.5, 0.6) is 0 Å². The Balaban J connectivity index is 1.79. The summed E-state index contributed by atoms with van der Waals surface area (Å²) in [5.74, 6) is 0.366. The van der Waals surface area contributed by atoms with Crippen molar-refractivity contribution in [1.29, 1.82) is 0 Å². The first kappa shape index (κ1) is 13.1. The summed E-state index contributed by atoms with van der Waals surface area (Å²) in [6.07, 6.45) is 5.13. The predicted molar refractivity (Wildman–Crippen MR) is 76.7 cm³/mol. The van der Waals surface area contributed by atoms with Gasteiger partial charge in [-0.1, -0.05) is 6.92 Å². The Bertz CT molecular complexity index is 482. The monoisotopic (exact) mass is 279 g/mol. The second kappa shape index (κ2) is 5.25. The van der Waals surface area contributed by atoms with E-state index in [0.29, 0.717) is 19.5 Å². The van der Waals surface area contributed by atoms with Crippen LogP contribution >= 0.6 is 11.3 Å². The second-order valence-electron chi connectivity index (χ2n) is 5.84. The Morgan fingerprint density at radius 1 is 1.42 bits per heavy atom. The Morgan fingerprint density at radius 3 is 3.00 bits per heavy atom. The van der Waals surface area contributed by atoms with Crippen LogP contribution in [0.25, 0.3) is 0 Å². The van der Waals surface area contributed by atoms with E-state index >= 15 is 0 Å². The van der Waals surface area contributed by atoms with Crippen molar-refractivity contribution in [3.05, 3.63) is 21.4 Å². The van der Waals surface area contributed by atoms with Gasteiger partial charge in [0, 0.05) is 23.3 Å². The third-order valence-corrected chi connectivity index (χ3v) is 5.53. The number of aliphatic hydroxyl groups excluding tert-OH is 1. The van der Waals surface area contributed by atoms with Crippen LogP contribution < -0.4 is 0 Å². The first-order valence-corrected chi connectivity index (χ1v) is 8.11. The molecule has 0 spiro atoms. The molecule has 1 fully saturated rings. The minimum atomic E-state index is -0.250. The van der Waals surface area contributed by atoms with E-state index in [9.17, 15) is 9.90 Å². The molecule has 0 radical (unpaired) electrons. The van der Waals surface area contributed by atoms with E-state index in [1.54, 1.807) is 11.3 Å². The largest absolute Gasteiger partial charge is 0.393 e. The molecule has 2 aliphatic rings. The third kappa shape index (κ3) is 2.43. The number of fused-ring (bicyclic) bond motifs is 1. The normalized spacial score (nSPS) is 27.2. The maximum atomic E-state index is 12.6. The van der Waals surface area contributed by atoms with Gasteiger partial charge in [-0.3, -0.25) is 4.79 Å². The van der Waals surface area contributed by atoms with E-state index in [-0.39, 0.29) is 17.9 Å². The minimum Gasteiger partial charge on any atom is -0.393 e. The number of rotatable bonds is 1. The van der Waals surface area contributed by atoms with Gasteiger partial charge in [0.25, 0.3) is 5.91 Å². The molecule has 1 aliphatic heterocycles. The van der Waals surface area contributed by atoms with Gasteiger partial charge in [-0.25, -0.2) is 0 Å². The lowest BCUT2D eigenvalue weighted by Crippen LogP contribution is -2.45. The summed E-state index contributed by atoms with van der Waals surface area (Å²) in [6.45, 7) is 3.40. The fourth-order valence-electron chi connectivity index (χ4n) is 3.16. The zero-order chi connectivity index (χ0) is 13.4. The number of piperidine rings is 1. The zero-order valence-electron chi connectivity index (χ0n) is 11.4. The fraction of sp³-hybridized carbons (Fsp3) is 0.667. The number of aryl methyl sites for hydroxylation is 1. The Hall–Kier alpha value is -0.870. The van der Waals surface area contributed by atoms with Gasteiger partial charge >= 0.3 is 0 Å². The number of hydrogen-bond donors (Lipinski definition) is 1. The van der Waals surface area contributed by atoms with E-state index < -0.39 is 0 Å². The lowest BCUT2D eigenvalue weighted by atomic mass is 9.93. The molecule has 1 amide bonds. The van der Waals surface area contributed by atoms with Crippen LogP contribution in [0.4, 0.5) is 0 Å². The number of carbonyl (C=O) groups is 1. The average Bonchev–Trinajstić information content (AvgIpc) is 2.85. The van der Waals surface area contributed by atoms with Gasteiger partial charge in [-0.2, -0.15) is 0 Å². The van der Waals surface area contributed by atoms with Crippen molar-refractivity contribution in [2.75, 3.05) is 13.1 Å². The summed E-state index contributed by atoms with van der Waals surface area (Å²) >= 11 is 1.75. The molecular formula is C15H21NO2S. The highest BCUT2D eigenvalue weighted by atomic mass is 32.1. The van der Waals surface area contributed by atoms with Gasteiger partial charge in [-0.15, -0.1) is 11.3 Å². The molecule has 0 saturated carbocycles. The SMILES string of the molecule is CC1CN(C(=O)c2csc3c2CCCC3)CCC1O. The molecule has 1 aromatic rings. The van der Waals surface area contributed by atoms with Crippen molar-refractivity contribution >= 4 is 17.2 Å². The third-order valence-electron chi connectivity index (χ3n) is 4.44. The molecule has 0 bridgehead atoms. The van der Waals surface area contributed by atoms with Crippen LogP contribution in [-0.2, 0) is 12.8 Å². The summed E-state index contributed by atoms with van der Waals surface area (Å²) in [5.41, 5.74) is 2.24. The zero-order valence-corrected chi connectivity index (χ0v) is 12.2. The average molecular weight is 279 g/mol. The standard InChI is InChI=1S/C15H21NO2S/c1-10-8-16(7-6-13(10)17)15(18)12-9-19-14-5-3-2-4-11(12)14/h9-10,13,17H,2-8H2,1H3. The molecule has 2 heterocycles. The number of hydrogen-bond acceptors (Lipinski definition) is 3. The molecule has 0 aromatic carbocycles. The predicted octanol–water partition coefficient (Wildman–Crippen LogP) is 2.47. The molecule has 19 heavy (non-hydrogen) atoms. The number of carbonyl (C=O) groups excluding carboxylic acids is 1. The minimum absolute atomic E-state index is 0.179. The number of thiophene rings is 1. The van der Waals surface area contributed by atoms with Crippen molar-refractivity contribution in [2.45, 2.75) is 45.1 Å². The summed E-state index contributed by atoms with van der Waals surface area (Å²) in [5, 5.41) is 11.8. The van der Waals surface area contributed by atoms with Crippen LogP contribution in [-0.4, -0.2) is 35.1 Å². The van der Waals surface area contributed by atoms with Crippen molar-refractivity contribution < 1.29 is 9.90 Å². The van der Waals surface area contributed by atoms with E-state index in [1.165, 1.54) is 23.3 Å². The molecule has 1 saturated heterocycles. The maximum Gasteiger partial charge on any atom is 0.254 e. The molecule has 1 aliphatic carbocycles. The quantitative estimate of drug-likeness (QED) is 0.858. The fourth-order valence-corrected chi connectivity index (χ4v) is 4.28. The van der Waals surface area contributed by atoms with E-state index in [0.717, 1.165) is 18.4 Å². The van der Waals surface area contributed by atoms with E-state index in [2.05, 4.69) is 0 Å². The molecule has 1 aromatic heterocycles. The topological polar surface area (TPSA) is 40.5 Å². The molecule has 3 rings (SSSR count). The summed E-state index contributed by atoms with van der Waals surface area (Å²) in [6, 6.07) is 0. The van der Waals surface area contributed by atoms with Crippen molar-refractivity contribution in [1.82, 2.24) is 4.90 Å². The van der Waals surface area contributed by atoms with Crippen LogP contribution in [0, 0.1) is 5.92 Å². The smallest absolute Gasteiger partial charge is 0.254 e. The number of likely N-dealkylation sites (tertiary alicyclic amines) is 1. The summed E-state index contributed by atoms with van der Waals surface area (Å²) < 4.78 is 0. The Morgan fingerprint density at radius 2 is 2.21 bits per heavy atom. The lowest BCUT2D eigenvalue weighted by Gasteiger charge is -2.34. The van der Waals surface area contributed by atoms with Crippen molar-refractivity contribution in [2.24, 2.45) is 5.92 Å². The van der Waals surface area contributed by atoms with Gasteiger partial charge in [0.05, 0.1) is 11.7 Å². The van der Waals surface area contributed by atoms with Gasteiger partial charge in [0.1, 0.15) is 0 Å². The van der Waals surface area contributed by atoms with Gasteiger partial charge < -0.3 is 10.0 Å². The molecule has 2 unspecified atom stereocenters. The first-order valence-electron chi connectivity index (χ1n) is 7.23. The summed E-state index contributed by atoms with van der Waals surface area (Å²) in [4.78, 5) is 16.0. The highest BCUT2D eigenvalue weighted by molar-refractivity contribution is 7.10. The summed E-state index contributed by atoms with van der Waals surface area (Å²) in [7, 11) is 0. The molecule has 2 atom stereocenters. The van der Waals surface area contributed by atoms with Crippen molar-refractivity contribution in [3.8, 4) is 0 Å². The molecular weight excluding hydrogens is 258 g/mol. The second-order valence-corrected chi connectivity index (χ2v) is 6.81. The molecule has 4 heteroatoms. The Labute approximate surface area is 118 Å². The number of aliphatic hydroxyl groups is 1. The number of nitrogens with zero attached hydrogens (tertiary/aromatic N) is 1. The van der Waals surface area contributed by atoms with Gasteiger partial charge in [0.15, 0.2) is 0 Å². The molecule has 3 nitrogen and oxygen atoms in total.